The van der Waals surface area contributed by atoms with Crippen LogP contribution in [0.5, 0.6) is 0 Å². The molecule has 3 heteroatoms. The number of para-hydroxylation sites is 2. The Hall–Kier alpha value is -6.45. The highest BCUT2D eigenvalue weighted by molar-refractivity contribution is 6.34. The molecule has 0 N–H and O–H groups in total. The number of nitrogens with zero attached hydrogens (tertiary/aromatic N) is 3. The zero-order valence-corrected chi connectivity index (χ0v) is 28.4. The topological polar surface area (TPSA) is 21.1 Å². The summed E-state index contributed by atoms with van der Waals surface area (Å²) in [5.41, 5.74) is 12.3. The van der Waals surface area contributed by atoms with E-state index in [2.05, 4.69) is 180 Å². The van der Waals surface area contributed by atoms with E-state index < -0.39 is 0 Å². The summed E-state index contributed by atoms with van der Waals surface area (Å²) in [6.07, 6.45) is 3.97. The van der Waals surface area contributed by atoms with Crippen LogP contribution in [0.2, 0.25) is 0 Å². The van der Waals surface area contributed by atoms with Crippen molar-refractivity contribution in [3.8, 4) is 16.8 Å². The standard InChI is InChI=1S/C48H33N3/c1-48(2)40-16-10-9-15-35(40)36-23-20-34(28-41(36)48)51-43-27-31-18-21-37-42(50(32-11-5-3-6-12-32)33-13-7-4-8-14-33)24-19-30-17-22-39(46(31)45(30)37)47(43)38-25-26-49-29-44(38)51/h3-29H,1-2H3. The van der Waals surface area contributed by atoms with Crippen LogP contribution in [0.4, 0.5) is 17.1 Å². The predicted octanol–water partition coefficient (Wildman–Crippen LogP) is 12.9. The molecule has 0 saturated carbocycles. The van der Waals surface area contributed by atoms with E-state index in [0.717, 1.165) is 16.9 Å². The second-order valence-corrected chi connectivity index (χ2v) is 14.4. The van der Waals surface area contributed by atoms with E-state index in [1.807, 2.05) is 12.4 Å². The number of fused-ring (bicyclic) bond motifs is 7. The van der Waals surface area contributed by atoms with Gasteiger partial charge in [-0.25, -0.2) is 0 Å². The Balaban J connectivity index is 1.20. The lowest BCUT2D eigenvalue weighted by Gasteiger charge is -2.27. The number of pyridine rings is 1. The molecule has 0 saturated heterocycles. The fourth-order valence-electron chi connectivity index (χ4n) is 9.10. The van der Waals surface area contributed by atoms with Crippen molar-refractivity contribution in [2.45, 2.75) is 19.3 Å². The SMILES string of the molecule is CC1(C)c2ccccc2-c2ccc(-n3c4cnccc4c4c5ccc6ccc(N(c7ccccc7)c7ccccc7)c7ccc(cc43)c5c67)cc21. The van der Waals surface area contributed by atoms with Crippen LogP contribution in [0.25, 0.3) is 70.9 Å². The Labute approximate surface area is 296 Å². The van der Waals surface area contributed by atoms with Gasteiger partial charge in [-0.1, -0.05) is 111 Å². The minimum atomic E-state index is -0.0826. The first-order valence-corrected chi connectivity index (χ1v) is 17.7. The number of anilines is 3. The molecule has 0 spiro atoms. The molecular weight excluding hydrogens is 619 g/mol. The first-order chi connectivity index (χ1) is 25.1. The second kappa shape index (κ2) is 10.3. The van der Waals surface area contributed by atoms with Crippen molar-refractivity contribution >= 4 is 71.2 Å². The lowest BCUT2D eigenvalue weighted by Crippen LogP contribution is -2.15. The molecule has 1 aliphatic rings. The molecule has 2 heterocycles. The van der Waals surface area contributed by atoms with Crippen LogP contribution in [0.15, 0.2) is 164 Å². The Morgan fingerprint density at radius 2 is 1.18 bits per heavy atom. The number of benzene rings is 8. The van der Waals surface area contributed by atoms with Crippen molar-refractivity contribution in [2.24, 2.45) is 0 Å². The molecule has 0 aliphatic heterocycles. The first kappa shape index (κ1) is 28.4. The monoisotopic (exact) mass is 651 g/mol. The predicted molar refractivity (Wildman–Crippen MR) is 215 cm³/mol. The molecule has 8 aromatic carbocycles. The summed E-state index contributed by atoms with van der Waals surface area (Å²) in [5.74, 6) is 0. The summed E-state index contributed by atoms with van der Waals surface area (Å²) in [6.45, 7) is 4.70. The molecular formula is C48H33N3. The van der Waals surface area contributed by atoms with Crippen molar-refractivity contribution in [2.75, 3.05) is 4.90 Å². The number of aromatic nitrogens is 2. The van der Waals surface area contributed by atoms with E-state index in [1.165, 1.54) is 82.2 Å². The van der Waals surface area contributed by atoms with Gasteiger partial charge in [0.15, 0.2) is 0 Å². The average Bonchev–Trinajstić information content (AvgIpc) is 3.63. The van der Waals surface area contributed by atoms with Gasteiger partial charge < -0.3 is 9.47 Å². The van der Waals surface area contributed by atoms with Crippen LogP contribution in [0, 0.1) is 0 Å². The quantitative estimate of drug-likeness (QED) is 0.177. The highest BCUT2D eigenvalue weighted by Gasteiger charge is 2.35. The van der Waals surface area contributed by atoms with Crippen molar-refractivity contribution in [3.05, 3.63) is 175 Å². The minimum absolute atomic E-state index is 0.0826. The van der Waals surface area contributed by atoms with E-state index in [4.69, 9.17) is 0 Å². The summed E-state index contributed by atoms with van der Waals surface area (Å²) >= 11 is 0. The minimum Gasteiger partial charge on any atom is -0.310 e. The highest BCUT2D eigenvalue weighted by atomic mass is 15.1. The molecule has 0 radical (unpaired) electrons. The maximum absolute atomic E-state index is 4.66. The summed E-state index contributed by atoms with van der Waals surface area (Å²) in [7, 11) is 0. The zero-order chi connectivity index (χ0) is 33.8. The number of hydrogen-bond acceptors (Lipinski definition) is 2. The first-order valence-electron chi connectivity index (χ1n) is 17.7. The second-order valence-electron chi connectivity index (χ2n) is 14.4. The van der Waals surface area contributed by atoms with Gasteiger partial charge in [-0.3, -0.25) is 4.98 Å². The molecule has 51 heavy (non-hydrogen) atoms. The number of hydrogen-bond donors (Lipinski definition) is 0. The van der Waals surface area contributed by atoms with Gasteiger partial charge in [0.2, 0.25) is 0 Å². The van der Waals surface area contributed by atoms with Crippen LogP contribution in [0.3, 0.4) is 0 Å². The van der Waals surface area contributed by atoms with Crippen LogP contribution >= 0.6 is 0 Å². The van der Waals surface area contributed by atoms with Gasteiger partial charge in [0.25, 0.3) is 0 Å². The lowest BCUT2D eigenvalue weighted by molar-refractivity contribution is 0.660. The molecule has 1 aliphatic carbocycles. The molecule has 3 nitrogen and oxygen atoms in total. The zero-order valence-electron chi connectivity index (χ0n) is 28.4. The van der Waals surface area contributed by atoms with E-state index in [0.29, 0.717) is 0 Å². The molecule has 0 unspecified atom stereocenters. The Morgan fingerprint density at radius 1 is 0.510 bits per heavy atom. The molecule has 0 amide bonds. The Kier molecular flexibility index (Phi) is 5.73. The maximum Gasteiger partial charge on any atom is 0.0724 e. The number of rotatable bonds is 4. The van der Waals surface area contributed by atoms with Gasteiger partial charge in [0.1, 0.15) is 0 Å². The van der Waals surface area contributed by atoms with Crippen molar-refractivity contribution < 1.29 is 0 Å². The van der Waals surface area contributed by atoms with E-state index in [-0.39, 0.29) is 5.41 Å². The summed E-state index contributed by atoms with van der Waals surface area (Å²) in [6, 6.07) is 55.7. The van der Waals surface area contributed by atoms with Crippen LogP contribution < -0.4 is 4.90 Å². The smallest absolute Gasteiger partial charge is 0.0724 e. The summed E-state index contributed by atoms with van der Waals surface area (Å²) in [4.78, 5) is 7.04. The largest absolute Gasteiger partial charge is 0.310 e. The fraction of sp³-hybridized carbons (Fsp3) is 0.0625. The van der Waals surface area contributed by atoms with Crippen molar-refractivity contribution in [1.82, 2.24) is 9.55 Å². The molecule has 11 rings (SSSR count). The van der Waals surface area contributed by atoms with Gasteiger partial charge in [-0.15, -0.1) is 0 Å². The van der Waals surface area contributed by atoms with Crippen LogP contribution in [0.1, 0.15) is 25.0 Å². The lowest BCUT2D eigenvalue weighted by atomic mass is 9.82. The van der Waals surface area contributed by atoms with E-state index in [9.17, 15) is 0 Å². The fourth-order valence-corrected chi connectivity index (χ4v) is 9.10. The Morgan fingerprint density at radius 3 is 1.98 bits per heavy atom. The van der Waals surface area contributed by atoms with Gasteiger partial charge in [0, 0.05) is 44.8 Å². The molecule has 2 aromatic heterocycles. The van der Waals surface area contributed by atoms with Gasteiger partial charge >= 0.3 is 0 Å². The van der Waals surface area contributed by atoms with Crippen LogP contribution in [-0.2, 0) is 5.41 Å². The molecule has 0 bridgehead atoms. The molecule has 0 atom stereocenters. The molecule has 0 fully saturated rings. The Bertz CT molecular complexity index is 2950. The van der Waals surface area contributed by atoms with Gasteiger partial charge in [-0.05, 0) is 104 Å². The van der Waals surface area contributed by atoms with Crippen molar-refractivity contribution in [3.63, 3.8) is 0 Å². The highest BCUT2D eigenvalue weighted by Crippen LogP contribution is 2.51. The molecule has 240 valence electrons. The average molecular weight is 652 g/mol. The van der Waals surface area contributed by atoms with Crippen LogP contribution in [-0.4, -0.2) is 9.55 Å². The third kappa shape index (κ3) is 3.86. The van der Waals surface area contributed by atoms with Gasteiger partial charge in [0.05, 0.1) is 22.9 Å². The van der Waals surface area contributed by atoms with E-state index in [1.54, 1.807) is 0 Å². The third-order valence-corrected chi connectivity index (χ3v) is 11.4. The summed E-state index contributed by atoms with van der Waals surface area (Å²) < 4.78 is 2.43. The summed E-state index contributed by atoms with van der Waals surface area (Å²) in [5, 5.41) is 10.1. The van der Waals surface area contributed by atoms with Crippen molar-refractivity contribution in [1.29, 1.82) is 0 Å². The normalized spacial score (nSPS) is 13.5. The maximum atomic E-state index is 4.66. The van der Waals surface area contributed by atoms with E-state index >= 15 is 0 Å². The van der Waals surface area contributed by atoms with Gasteiger partial charge in [-0.2, -0.15) is 0 Å². The third-order valence-electron chi connectivity index (χ3n) is 11.4. The molecule has 10 aromatic rings.